The second-order valence-electron chi connectivity index (χ2n) is 11.1. The molecule has 0 aromatic rings. The molecule has 0 aromatic heterocycles. The molecule has 1 unspecified atom stereocenters. The highest BCUT2D eigenvalue weighted by molar-refractivity contribution is 5.86. The van der Waals surface area contributed by atoms with Gasteiger partial charge in [0.15, 0.2) is 5.78 Å². The highest BCUT2D eigenvalue weighted by Gasteiger charge is 2.49. The van der Waals surface area contributed by atoms with Gasteiger partial charge in [0.25, 0.3) is 0 Å². The quantitative estimate of drug-likeness (QED) is 0.332. The molecular formula is C28H43N3O6. The number of amides is 2. The first-order valence-electron chi connectivity index (χ1n) is 13.7. The van der Waals surface area contributed by atoms with Crippen LogP contribution in [0.25, 0.3) is 0 Å². The maximum absolute atomic E-state index is 12.8. The van der Waals surface area contributed by atoms with Crippen LogP contribution in [0.1, 0.15) is 66.2 Å². The molecule has 1 saturated heterocycles. The van der Waals surface area contributed by atoms with Crippen LogP contribution in [-0.2, 0) is 23.9 Å². The topological polar surface area (TPSA) is 105 Å². The van der Waals surface area contributed by atoms with Gasteiger partial charge in [-0.2, -0.15) is 0 Å². The number of nitrogens with one attached hydrogen (secondary N) is 1. The summed E-state index contributed by atoms with van der Waals surface area (Å²) in [7, 11) is 0. The highest BCUT2D eigenvalue weighted by atomic mass is 16.5. The van der Waals surface area contributed by atoms with Crippen LogP contribution in [0.5, 0.6) is 0 Å². The molecule has 2 aliphatic carbocycles. The van der Waals surface area contributed by atoms with Gasteiger partial charge >= 0.3 is 12.1 Å². The van der Waals surface area contributed by atoms with Crippen molar-refractivity contribution in [3.8, 4) is 11.8 Å². The van der Waals surface area contributed by atoms with Crippen molar-refractivity contribution in [2.75, 3.05) is 45.9 Å². The number of ketones is 1. The third-order valence-corrected chi connectivity index (χ3v) is 8.28. The number of alkyl carbamates (subject to hydrolysis) is 1. The summed E-state index contributed by atoms with van der Waals surface area (Å²) in [5.41, 5.74) is -0.427. The Morgan fingerprint density at radius 2 is 1.68 bits per heavy atom. The first-order chi connectivity index (χ1) is 17.6. The second-order valence-corrected chi connectivity index (χ2v) is 11.1. The Hall–Kier alpha value is -2.60. The Morgan fingerprint density at radius 3 is 2.30 bits per heavy atom. The zero-order chi connectivity index (χ0) is 27.0. The zero-order valence-corrected chi connectivity index (χ0v) is 22.8. The van der Waals surface area contributed by atoms with Gasteiger partial charge in [-0.25, -0.2) is 4.79 Å². The minimum absolute atomic E-state index is 0.0892. The summed E-state index contributed by atoms with van der Waals surface area (Å²) in [6, 6.07) is -0.253. The van der Waals surface area contributed by atoms with Crippen LogP contribution in [0.3, 0.4) is 0 Å². The van der Waals surface area contributed by atoms with E-state index in [1.165, 1.54) is 6.92 Å². The Bertz CT molecular complexity index is 889. The molecule has 1 heterocycles. The summed E-state index contributed by atoms with van der Waals surface area (Å²) in [5.74, 6) is 7.68. The lowest BCUT2D eigenvalue weighted by Gasteiger charge is -2.41. The predicted molar refractivity (Wildman–Crippen MR) is 138 cm³/mol. The predicted octanol–water partition coefficient (Wildman–Crippen LogP) is 2.62. The van der Waals surface area contributed by atoms with Crippen molar-refractivity contribution in [3.05, 3.63) is 0 Å². The van der Waals surface area contributed by atoms with Gasteiger partial charge < -0.3 is 19.7 Å². The van der Waals surface area contributed by atoms with Crippen LogP contribution in [0.15, 0.2) is 0 Å². The fraction of sp³-hybridized carbons (Fsp3) is 0.786. The van der Waals surface area contributed by atoms with Gasteiger partial charge in [0.1, 0.15) is 6.61 Å². The molecule has 0 bridgehead atoms. The Labute approximate surface area is 221 Å². The van der Waals surface area contributed by atoms with Crippen LogP contribution in [0, 0.1) is 35.0 Å². The van der Waals surface area contributed by atoms with E-state index in [0.29, 0.717) is 44.0 Å². The third-order valence-electron chi connectivity index (χ3n) is 8.28. The lowest BCUT2D eigenvalue weighted by atomic mass is 9.85. The normalized spacial score (nSPS) is 25.5. The molecular weight excluding hydrogens is 474 g/mol. The van der Waals surface area contributed by atoms with Gasteiger partial charge in [0, 0.05) is 57.8 Å². The van der Waals surface area contributed by atoms with Crippen LogP contribution in [0.4, 0.5) is 4.79 Å². The summed E-state index contributed by atoms with van der Waals surface area (Å²) in [6.07, 6.45) is 4.42. The number of Topliss-reactive ketones (excluding diaryl/α,β-unsaturated/α-hetero) is 1. The van der Waals surface area contributed by atoms with Crippen molar-refractivity contribution < 1.29 is 28.7 Å². The molecule has 0 radical (unpaired) electrons. The molecule has 3 rings (SSSR count). The molecule has 4 atom stereocenters. The van der Waals surface area contributed by atoms with Crippen LogP contribution in [0.2, 0.25) is 0 Å². The zero-order valence-electron chi connectivity index (χ0n) is 22.8. The van der Waals surface area contributed by atoms with Crippen LogP contribution < -0.4 is 5.32 Å². The molecule has 1 aliphatic heterocycles. The summed E-state index contributed by atoms with van der Waals surface area (Å²) < 4.78 is 10.7. The van der Waals surface area contributed by atoms with Crippen LogP contribution in [-0.4, -0.2) is 85.5 Å². The van der Waals surface area contributed by atoms with E-state index >= 15 is 0 Å². The van der Waals surface area contributed by atoms with E-state index < -0.39 is 17.5 Å². The molecule has 2 fully saturated rings. The Morgan fingerprint density at radius 1 is 1.00 bits per heavy atom. The summed E-state index contributed by atoms with van der Waals surface area (Å²) >= 11 is 0. The van der Waals surface area contributed by atoms with E-state index in [1.54, 1.807) is 4.90 Å². The largest absolute Gasteiger partial charge is 0.464 e. The molecule has 1 N–H and O–H groups in total. The summed E-state index contributed by atoms with van der Waals surface area (Å²) in [5, 5.41) is 2.69. The SMILES string of the molecule is CCC(C)(C)C(=O)CN1CCN(C(=O)CCNC(=O)OC[C@@H]2[C@@H]3CCC#CCC[C@@H]32)CC1COC(C)=O. The van der Waals surface area contributed by atoms with Crippen molar-refractivity contribution in [1.82, 2.24) is 15.1 Å². The van der Waals surface area contributed by atoms with Gasteiger partial charge in [-0.1, -0.05) is 20.8 Å². The van der Waals surface area contributed by atoms with E-state index in [2.05, 4.69) is 17.2 Å². The molecule has 0 spiro atoms. The molecule has 9 nitrogen and oxygen atoms in total. The number of esters is 1. The van der Waals surface area contributed by atoms with Gasteiger partial charge in [-0.15, -0.1) is 11.8 Å². The average molecular weight is 518 g/mol. The second kappa shape index (κ2) is 13.3. The number of piperazine rings is 1. The molecule has 2 amide bonds. The van der Waals surface area contributed by atoms with Gasteiger partial charge in [0.2, 0.25) is 5.91 Å². The highest BCUT2D eigenvalue weighted by Crippen LogP contribution is 2.52. The number of carbonyl (C=O) groups excluding carboxylic acids is 4. The smallest absolute Gasteiger partial charge is 0.407 e. The molecule has 206 valence electrons. The molecule has 3 aliphatic rings. The number of rotatable bonds is 11. The van der Waals surface area contributed by atoms with Gasteiger partial charge in [0.05, 0.1) is 19.2 Å². The fourth-order valence-electron chi connectivity index (χ4n) is 5.23. The van der Waals surface area contributed by atoms with E-state index in [1.807, 2.05) is 25.7 Å². The number of ether oxygens (including phenoxy) is 2. The molecule has 9 heteroatoms. The van der Waals surface area contributed by atoms with Gasteiger partial charge in [-0.3, -0.25) is 19.3 Å². The van der Waals surface area contributed by atoms with E-state index in [-0.39, 0.29) is 43.8 Å². The van der Waals surface area contributed by atoms with E-state index in [0.717, 1.165) is 32.1 Å². The third kappa shape index (κ3) is 8.46. The molecule has 1 saturated carbocycles. The van der Waals surface area contributed by atoms with Crippen molar-refractivity contribution in [1.29, 1.82) is 0 Å². The van der Waals surface area contributed by atoms with Gasteiger partial charge in [-0.05, 0) is 37.0 Å². The van der Waals surface area contributed by atoms with Crippen molar-refractivity contribution >= 4 is 23.8 Å². The lowest BCUT2D eigenvalue weighted by Crippen LogP contribution is -2.58. The van der Waals surface area contributed by atoms with Crippen molar-refractivity contribution in [2.45, 2.75) is 72.3 Å². The minimum atomic E-state index is -0.488. The van der Waals surface area contributed by atoms with E-state index in [4.69, 9.17) is 9.47 Å². The maximum atomic E-state index is 12.8. The van der Waals surface area contributed by atoms with Crippen LogP contribution >= 0.6 is 0 Å². The number of hydrogen-bond donors (Lipinski definition) is 1. The average Bonchev–Trinajstić information content (AvgIpc) is 3.50. The fourth-order valence-corrected chi connectivity index (χ4v) is 5.23. The maximum Gasteiger partial charge on any atom is 0.407 e. The number of fused-ring (bicyclic) bond motifs is 1. The summed E-state index contributed by atoms with van der Waals surface area (Å²) in [6.45, 7) is 9.57. The monoisotopic (exact) mass is 517 g/mol. The minimum Gasteiger partial charge on any atom is -0.464 e. The van der Waals surface area contributed by atoms with Crippen molar-refractivity contribution in [2.24, 2.45) is 23.2 Å². The first kappa shape index (κ1) is 29.0. The Balaban J connectivity index is 1.40. The number of carbonyl (C=O) groups is 4. The summed E-state index contributed by atoms with van der Waals surface area (Å²) in [4.78, 5) is 52.9. The van der Waals surface area contributed by atoms with Crippen molar-refractivity contribution in [3.63, 3.8) is 0 Å². The molecule has 37 heavy (non-hydrogen) atoms. The molecule has 0 aromatic carbocycles. The first-order valence-corrected chi connectivity index (χ1v) is 13.7. The number of nitrogens with zero attached hydrogens (tertiary/aromatic N) is 2. The van der Waals surface area contributed by atoms with E-state index in [9.17, 15) is 19.2 Å². The Kier molecular flexibility index (Phi) is 10.4. The lowest BCUT2D eigenvalue weighted by molar-refractivity contribution is -0.145. The standard InChI is InChI=1S/C28H43N3O6/c1-5-28(3,4)25(33)17-30-14-15-31(16-21(30)18-36-20(2)32)26(34)12-13-29-27(35)37-19-24-22-10-8-6-7-9-11-23(22)24/h21-24H,5,8-19H2,1-4H3,(H,29,35)/t21?,22-,23+,24-. The number of hydrogen-bond acceptors (Lipinski definition) is 7.